The molecule has 0 aromatic rings. The minimum atomic E-state index is 0.0349. The van der Waals surface area contributed by atoms with Crippen LogP contribution >= 0.6 is 11.8 Å². The molecular formula is C14H25NS. The summed E-state index contributed by atoms with van der Waals surface area (Å²) < 4.78 is 0. The van der Waals surface area contributed by atoms with Gasteiger partial charge in [-0.05, 0) is 43.1 Å². The van der Waals surface area contributed by atoms with Crippen molar-refractivity contribution in [2.24, 2.45) is 11.3 Å². The van der Waals surface area contributed by atoms with Crippen molar-refractivity contribution in [2.45, 2.75) is 58.8 Å². The molecule has 0 amide bonds. The lowest BCUT2D eigenvalue weighted by atomic mass is 9.67. The van der Waals surface area contributed by atoms with Gasteiger partial charge in [-0.25, -0.2) is 0 Å². The minimum absolute atomic E-state index is 0.0349. The Morgan fingerprint density at radius 1 is 1.44 bits per heavy atom. The molecule has 1 nitrogen and oxygen atoms in total. The van der Waals surface area contributed by atoms with E-state index >= 15 is 0 Å². The fourth-order valence-corrected chi connectivity index (χ4v) is 3.51. The molecule has 1 fully saturated rings. The summed E-state index contributed by atoms with van der Waals surface area (Å²) in [6.45, 7) is 4.48. The van der Waals surface area contributed by atoms with Crippen LogP contribution in [0.2, 0.25) is 0 Å². The van der Waals surface area contributed by atoms with Crippen LogP contribution in [0.1, 0.15) is 58.8 Å². The van der Waals surface area contributed by atoms with Crippen molar-refractivity contribution in [3.8, 4) is 6.07 Å². The smallest absolute Gasteiger partial charge is 0.0689 e. The second-order valence-corrected chi connectivity index (χ2v) is 6.46. The van der Waals surface area contributed by atoms with Crippen molar-refractivity contribution in [1.82, 2.24) is 0 Å². The summed E-state index contributed by atoms with van der Waals surface area (Å²) in [4.78, 5) is 0. The van der Waals surface area contributed by atoms with Gasteiger partial charge in [0.25, 0.3) is 0 Å². The number of thioether (sulfide) groups is 1. The van der Waals surface area contributed by atoms with E-state index in [4.69, 9.17) is 0 Å². The topological polar surface area (TPSA) is 23.8 Å². The molecule has 0 radical (unpaired) electrons. The monoisotopic (exact) mass is 239 g/mol. The highest BCUT2D eigenvalue weighted by atomic mass is 32.2. The van der Waals surface area contributed by atoms with Crippen molar-refractivity contribution < 1.29 is 0 Å². The van der Waals surface area contributed by atoms with Gasteiger partial charge in [0.15, 0.2) is 0 Å². The first-order chi connectivity index (χ1) is 7.76. The lowest BCUT2D eigenvalue weighted by Crippen LogP contribution is -2.27. The molecule has 1 saturated carbocycles. The Morgan fingerprint density at radius 2 is 2.25 bits per heavy atom. The number of nitrogens with zero attached hydrogens (tertiary/aromatic N) is 1. The van der Waals surface area contributed by atoms with Crippen LogP contribution in [0.25, 0.3) is 0 Å². The molecule has 92 valence electrons. The molecule has 1 aliphatic rings. The summed E-state index contributed by atoms with van der Waals surface area (Å²) in [5, 5.41) is 9.45. The van der Waals surface area contributed by atoms with Crippen LogP contribution in [-0.4, -0.2) is 11.5 Å². The van der Waals surface area contributed by atoms with E-state index in [2.05, 4.69) is 19.9 Å². The van der Waals surface area contributed by atoms with Crippen molar-refractivity contribution in [3.05, 3.63) is 0 Å². The van der Waals surface area contributed by atoms with Crippen LogP contribution in [0, 0.1) is 22.7 Å². The SMILES string of the molecule is CCSCCCC1(C#N)CCCC(CC)C1. The van der Waals surface area contributed by atoms with Crippen molar-refractivity contribution in [3.63, 3.8) is 0 Å². The van der Waals surface area contributed by atoms with E-state index < -0.39 is 0 Å². The molecular weight excluding hydrogens is 214 g/mol. The Hall–Kier alpha value is -0.160. The molecule has 2 heteroatoms. The molecule has 16 heavy (non-hydrogen) atoms. The third kappa shape index (κ3) is 4.01. The van der Waals surface area contributed by atoms with Gasteiger partial charge >= 0.3 is 0 Å². The maximum absolute atomic E-state index is 9.45. The number of nitriles is 1. The van der Waals surface area contributed by atoms with Gasteiger partial charge in [0, 0.05) is 0 Å². The second-order valence-electron chi connectivity index (χ2n) is 5.06. The highest BCUT2D eigenvalue weighted by molar-refractivity contribution is 7.99. The van der Waals surface area contributed by atoms with Gasteiger partial charge in [-0.2, -0.15) is 17.0 Å². The largest absolute Gasteiger partial charge is 0.198 e. The van der Waals surface area contributed by atoms with Crippen LogP contribution in [0.4, 0.5) is 0 Å². The minimum Gasteiger partial charge on any atom is -0.198 e. The first-order valence-electron chi connectivity index (χ1n) is 6.75. The maximum atomic E-state index is 9.45. The van der Waals surface area contributed by atoms with Crippen molar-refractivity contribution >= 4 is 11.8 Å². The normalized spacial score (nSPS) is 29.9. The summed E-state index contributed by atoms with van der Waals surface area (Å²) in [6, 6.07) is 2.65. The van der Waals surface area contributed by atoms with E-state index in [9.17, 15) is 5.26 Å². The Balaban J connectivity index is 2.40. The highest BCUT2D eigenvalue weighted by Crippen LogP contribution is 2.43. The lowest BCUT2D eigenvalue weighted by molar-refractivity contribution is 0.182. The van der Waals surface area contributed by atoms with Gasteiger partial charge in [0.2, 0.25) is 0 Å². The van der Waals surface area contributed by atoms with Crippen LogP contribution in [-0.2, 0) is 0 Å². The average Bonchev–Trinajstić information content (AvgIpc) is 2.35. The Kier molecular flexibility index (Phi) is 6.28. The Labute approximate surface area is 105 Å². The lowest BCUT2D eigenvalue weighted by Gasteiger charge is -2.35. The van der Waals surface area contributed by atoms with Gasteiger partial charge in [0.1, 0.15) is 0 Å². The molecule has 0 aromatic carbocycles. The number of hydrogen-bond acceptors (Lipinski definition) is 2. The third-order valence-corrected chi connectivity index (χ3v) is 4.90. The number of rotatable bonds is 6. The summed E-state index contributed by atoms with van der Waals surface area (Å²) in [6.07, 6.45) is 8.55. The fraction of sp³-hybridized carbons (Fsp3) is 0.929. The zero-order valence-corrected chi connectivity index (χ0v) is 11.6. The molecule has 0 aliphatic heterocycles. The van der Waals surface area contributed by atoms with Gasteiger partial charge in [-0.1, -0.05) is 33.1 Å². The third-order valence-electron chi connectivity index (χ3n) is 3.91. The zero-order chi connectivity index (χ0) is 11.9. The molecule has 0 spiro atoms. The van der Waals surface area contributed by atoms with E-state index in [0.29, 0.717) is 0 Å². The summed E-state index contributed by atoms with van der Waals surface area (Å²) in [7, 11) is 0. The predicted octanol–water partition coefficient (Wildman–Crippen LogP) is 4.63. The predicted molar refractivity (Wildman–Crippen MR) is 72.5 cm³/mol. The standard InChI is InChI=1S/C14H25NS/c1-3-13-7-5-8-14(11-13,12-15)9-6-10-16-4-2/h13H,3-11H2,1-2H3. The van der Waals surface area contributed by atoms with E-state index in [1.165, 1.54) is 37.2 Å². The van der Waals surface area contributed by atoms with Crippen LogP contribution < -0.4 is 0 Å². The van der Waals surface area contributed by atoms with Crippen molar-refractivity contribution in [2.75, 3.05) is 11.5 Å². The summed E-state index contributed by atoms with van der Waals surface area (Å²) in [5.74, 6) is 3.25. The van der Waals surface area contributed by atoms with Gasteiger partial charge in [-0.3, -0.25) is 0 Å². The molecule has 0 saturated heterocycles. The van der Waals surface area contributed by atoms with E-state index in [1.54, 1.807) is 0 Å². The Morgan fingerprint density at radius 3 is 2.88 bits per heavy atom. The first kappa shape index (κ1) is 13.9. The zero-order valence-electron chi connectivity index (χ0n) is 10.8. The first-order valence-corrected chi connectivity index (χ1v) is 7.91. The van der Waals surface area contributed by atoms with E-state index in [-0.39, 0.29) is 5.41 Å². The van der Waals surface area contributed by atoms with Crippen LogP contribution in [0.15, 0.2) is 0 Å². The van der Waals surface area contributed by atoms with Gasteiger partial charge < -0.3 is 0 Å². The average molecular weight is 239 g/mol. The van der Waals surface area contributed by atoms with Crippen molar-refractivity contribution in [1.29, 1.82) is 5.26 Å². The molecule has 2 atom stereocenters. The molecule has 0 aromatic heterocycles. The van der Waals surface area contributed by atoms with Gasteiger partial charge in [-0.15, -0.1) is 0 Å². The second kappa shape index (κ2) is 7.22. The fourth-order valence-electron chi connectivity index (χ4n) is 2.88. The molecule has 0 heterocycles. The molecule has 2 unspecified atom stereocenters. The summed E-state index contributed by atoms with van der Waals surface area (Å²) >= 11 is 2.00. The van der Waals surface area contributed by atoms with E-state index in [0.717, 1.165) is 25.2 Å². The summed E-state index contributed by atoms with van der Waals surface area (Å²) in [5.41, 5.74) is 0.0349. The molecule has 1 aliphatic carbocycles. The molecule has 1 rings (SSSR count). The molecule has 0 N–H and O–H groups in total. The highest BCUT2D eigenvalue weighted by Gasteiger charge is 2.35. The van der Waals surface area contributed by atoms with Crippen LogP contribution in [0.5, 0.6) is 0 Å². The van der Waals surface area contributed by atoms with E-state index in [1.807, 2.05) is 11.8 Å². The maximum Gasteiger partial charge on any atom is 0.0689 e. The number of hydrogen-bond donors (Lipinski definition) is 0. The van der Waals surface area contributed by atoms with Gasteiger partial charge in [0.05, 0.1) is 11.5 Å². The Bertz CT molecular complexity index is 233. The van der Waals surface area contributed by atoms with Crippen LogP contribution in [0.3, 0.4) is 0 Å². The quantitative estimate of drug-likeness (QED) is 0.631. The molecule has 0 bridgehead atoms.